The second kappa shape index (κ2) is 4.38. The monoisotopic (exact) mass is 212 g/mol. The van der Waals surface area contributed by atoms with E-state index in [0.717, 1.165) is 11.6 Å². The van der Waals surface area contributed by atoms with E-state index in [1.807, 2.05) is 6.92 Å². The van der Waals surface area contributed by atoms with Crippen molar-refractivity contribution in [1.82, 2.24) is 4.98 Å². The van der Waals surface area contributed by atoms with Gasteiger partial charge in [-0.15, -0.1) is 11.3 Å². The topological polar surface area (TPSA) is 48.1 Å². The SMILES string of the molecule is CCOCc1nc(C2CC2)c(CN)s1. The molecule has 0 aliphatic heterocycles. The molecule has 1 heterocycles. The molecule has 2 N–H and O–H groups in total. The van der Waals surface area contributed by atoms with E-state index in [-0.39, 0.29) is 0 Å². The summed E-state index contributed by atoms with van der Waals surface area (Å²) < 4.78 is 5.34. The highest BCUT2D eigenvalue weighted by atomic mass is 32.1. The minimum absolute atomic E-state index is 0.621. The van der Waals surface area contributed by atoms with Gasteiger partial charge in [-0.25, -0.2) is 4.98 Å². The second-order valence-electron chi connectivity index (χ2n) is 3.53. The first-order valence-corrected chi connectivity index (χ1v) is 5.93. The van der Waals surface area contributed by atoms with Crippen molar-refractivity contribution in [2.24, 2.45) is 5.73 Å². The first-order chi connectivity index (χ1) is 6.85. The van der Waals surface area contributed by atoms with Crippen LogP contribution in [0.25, 0.3) is 0 Å². The van der Waals surface area contributed by atoms with Crippen LogP contribution in [0.2, 0.25) is 0 Å². The molecule has 1 saturated carbocycles. The van der Waals surface area contributed by atoms with Crippen molar-refractivity contribution in [3.05, 3.63) is 15.6 Å². The van der Waals surface area contributed by atoms with Crippen LogP contribution in [0, 0.1) is 0 Å². The van der Waals surface area contributed by atoms with Gasteiger partial charge in [0.2, 0.25) is 0 Å². The first-order valence-electron chi connectivity index (χ1n) is 5.11. The Morgan fingerprint density at radius 1 is 1.57 bits per heavy atom. The normalized spacial score (nSPS) is 16.1. The molecule has 0 saturated heterocycles. The van der Waals surface area contributed by atoms with E-state index in [1.165, 1.54) is 23.4 Å². The number of nitrogens with zero attached hydrogens (tertiary/aromatic N) is 1. The summed E-state index contributed by atoms with van der Waals surface area (Å²) in [6, 6.07) is 0. The lowest BCUT2D eigenvalue weighted by atomic mass is 10.2. The molecule has 78 valence electrons. The molecular formula is C10H16N2OS. The zero-order valence-electron chi connectivity index (χ0n) is 8.45. The highest BCUT2D eigenvalue weighted by Gasteiger charge is 2.29. The summed E-state index contributed by atoms with van der Waals surface area (Å²) in [5.41, 5.74) is 6.93. The minimum Gasteiger partial charge on any atom is -0.375 e. The van der Waals surface area contributed by atoms with Crippen molar-refractivity contribution in [1.29, 1.82) is 0 Å². The fourth-order valence-electron chi connectivity index (χ4n) is 1.49. The molecule has 4 heteroatoms. The number of ether oxygens (including phenoxy) is 1. The van der Waals surface area contributed by atoms with Gasteiger partial charge < -0.3 is 10.5 Å². The molecule has 0 amide bonds. The summed E-state index contributed by atoms with van der Waals surface area (Å²) in [4.78, 5) is 5.85. The number of thiazole rings is 1. The van der Waals surface area contributed by atoms with Gasteiger partial charge in [-0.05, 0) is 19.8 Å². The Labute approximate surface area is 88.3 Å². The second-order valence-corrected chi connectivity index (χ2v) is 4.70. The average Bonchev–Trinajstić information content (AvgIpc) is 2.96. The molecule has 0 unspecified atom stereocenters. The van der Waals surface area contributed by atoms with E-state index < -0.39 is 0 Å². The quantitative estimate of drug-likeness (QED) is 0.812. The Morgan fingerprint density at radius 2 is 2.36 bits per heavy atom. The van der Waals surface area contributed by atoms with Gasteiger partial charge in [0.1, 0.15) is 5.01 Å². The molecule has 0 aromatic carbocycles. The van der Waals surface area contributed by atoms with Crippen LogP contribution in [-0.2, 0) is 17.9 Å². The highest BCUT2D eigenvalue weighted by Crippen LogP contribution is 2.42. The van der Waals surface area contributed by atoms with Gasteiger partial charge in [0.25, 0.3) is 0 Å². The molecular weight excluding hydrogens is 196 g/mol. The van der Waals surface area contributed by atoms with Crippen LogP contribution < -0.4 is 5.73 Å². The summed E-state index contributed by atoms with van der Waals surface area (Å²) in [6.45, 7) is 4.01. The Hall–Kier alpha value is -0.450. The lowest BCUT2D eigenvalue weighted by Gasteiger charge is -1.94. The number of rotatable bonds is 5. The molecule has 0 radical (unpaired) electrons. The van der Waals surface area contributed by atoms with Gasteiger partial charge in [-0.2, -0.15) is 0 Å². The average molecular weight is 212 g/mol. The predicted molar refractivity (Wildman–Crippen MR) is 57.3 cm³/mol. The fourth-order valence-corrected chi connectivity index (χ4v) is 2.46. The molecule has 1 aliphatic rings. The van der Waals surface area contributed by atoms with Crippen molar-refractivity contribution in [3.8, 4) is 0 Å². The van der Waals surface area contributed by atoms with Crippen molar-refractivity contribution >= 4 is 11.3 Å². The van der Waals surface area contributed by atoms with E-state index in [0.29, 0.717) is 19.1 Å². The van der Waals surface area contributed by atoms with Crippen LogP contribution in [0.5, 0.6) is 0 Å². The molecule has 2 rings (SSSR count). The maximum absolute atomic E-state index is 5.69. The Bertz CT molecular complexity index is 307. The summed E-state index contributed by atoms with van der Waals surface area (Å²) in [5.74, 6) is 0.695. The maximum Gasteiger partial charge on any atom is 0.119 e. The molecule has 1 fully saturated rings. The molecule has 3 nitrogen and oxygen atoms in total. The maximum atomic E-state index is 5.69. The third-order valence-corrected chi connectivity index (χ3v) is 3.42. The first kappa shape index (κ1) is 10.1. The lowest BCUT2D eigenvalue weighted by molar-refractivity contribution is 0.134. The zero-order chi connectivity index (χ0) is 9.97. The molecule has 0 bridgehead atoms. The van der Waals surface area contributed by atoms with Crippen LogP contribution in [0.3, 0.4) is 0 Å². The van der Waals surface area contributed by atoms with Gasteiger partial charge in [-0.1, -0.05) is 0 Å². The van der Waals surface area contributed by atoms with Crippen LogP contribution >= 0.6 is 11.3 Å². The third-order valence-electron chi connectivity index (χ3n) is 2.35. The molecule has 1 aliphatic carbocycles. The predicted octanol–water partition coefficient (Wildman–Crippen LogP) is 2.02. The standard InChI is InChI=1S/C10H16N2OS/c1-2-13-6-9-12-10(7-3-4-7)8(5-11)14-9/h7H,2-6,11H2,1H3. The molecule has 1 aromatic heterocycles. The van der Waals surface area contributed by atoms with Crippen LogP contribution in [0.1, 0.15) is 41.3 Å². The van der Waals surface area contributed by atoms with Gasteiger partial charge >= 0.3 is 0 Å². The highest BCUT2D eigenvalue weighted by molar-refractivity contribution is 7.11. The largest absolute Gasteiger partial charge is 0.375 e. The smallest absolute Gasteiger partial charge is 0.119 e. The van der Waals surface area contributed by atoms with E-state index in [2.05, 4.69) is 4.98 Å². The van der Waals surface area contributed by atoms with Gasteiger partial charge in [0.15, 0.2) is 0 Å². The Morgan fingerprint density at radius 3 is 2.93 bits per heavy atom. The van der Waals surface area contributed by atoms with E-state index in [4.69, 9.17) is 10.5 Å². The Balaban J connectivity index is 2.09. The molecule has 1 aromatic rings. The van der Waals surface area contributed by atoms with Gasteiger partial charge in [-0.3, -0.25) is 0 Å². The van der Waals surface area contributed by atoms with E-state index in [9.17, 15) is 0 Å². The Kier molecular flexibility index (Phi) is 3.15. The summed E-state index contributed by atoms with van der Waals surface area (Å²) in [5, 5.41) is 1.08. The summed E-state index contributed by atoms with van der Waals surface area (Å²) in [6.07, 6.45) is 2.57. The van der Waals surface area contributed by atoms with Crippen LogP contribution in [0.4, 0.5) is 0 Å². The summed E-state index contributed by atoms with van der Waals surface area (Å²) >= 11 is 1.71. The number of hydrogen-bond donors (Lipinski definition) is 1. The minimum atomic E-state index is 0.621. The third kappa shape index (κ3) is 2.13. The molecule has 14 heavy (non-hydrogen) atoms. The van der Waals surface area contributed by atoms with E-state index in [1.54, 1.807) is 11.3 Å². The fraction of sp³-hybridized carbons (Fsp3) is 0.700. The van der Waals surface area contributed by atoms with Crippen LogP contribution in [0.15, 0.2) is 0 Å². The molecule has 0 atom stereocenters. The van der Waals surface area contributed by atoms with Gasteiger partial charge in [0.05, 0.1) is 12.3 Å². The summed E-state index contributed by atoms with van der Waals surface area (Å²) in [7, 11) is 0. The number of nitrogens with two attached hydrogens (primary N) is 1. The van der Waals surface area contributed by atoms with Crippen molar-refractivity contribution in [2.75, 3.05) is 6.61 Å². The van der Waals surface area contributed by atoms with Crippen molar-refractivity contribution in [2.45, 2.75) is 38.8 Å². The van der Waals surface area contributed by atoms with Crippen LogP contribution in [-0.4, -0.2) is 11.6 Å². The van der Waals surface area contributed by atoms with Gasteiger partial charge in [0, 0.05) is 23.9 Å². The molecule has 0 spiro atoms. The van der Waals surface area contributed by atoms with Crippen molar-refractivity contribution < 1.29 is 4.74 Å². The number of hydrogen-bond acceptors (Lipinski definition) is 4. The van der Waals surface area contributed by atoms with Crippen molar-refractivity contribution in [3.63, 3.8) is 0 Å². The number of aromatic nitrogens is 1. The zero-order valence-corrected chi connectivity index (χ0v) is 9.27. The van der Waals surface area contributed by atoms with E-state index >= 15 is 0 Å². The lowest BCUT2D eigenvalue weighted by Crippen LogP contribution is -1.97.